The van der Waals surface area contributed by atoms with Crippen molar-refractivity contribution in [3.8, 4) is 0 Å². The zero-order chi connectivity index (χ0) is 14.1. The normalized spacial score (nSPS) is 12.2. The summed E-state index contributed by atoms with van der Waals surface area (Å²) >= 11 is 0. The number of benzene rings is 1. The molecule has 0 aromatic heterocycles. The van der Waals surface area contributed by atoms with Gasteiger partial charge in [0.15, 0.2) is 0 Å². The minimum absolute atomic E-state index is 0.00892. The molecule has 0 fully saturated rings. The summed E-state index contributed by atoms with van der Waals surface area (Å²) in [6, 6.07) is 8.15. The number of ether oxygens (including phenoxy) is 1. The van der Waals surface area contributed by atoms with E-state index in [0.29, 0.717) is 19.6 Å². The molecule has 0 aliphatic carbocycles. The van der Waals surface area contributed by atoms with E-state index in [2.05, 4.69) is 24.5 Å². The van der Waals surface area contributed by atoms with Gasteiger partial charge in [-0.25, -0.2) is 0 Å². The SMILES string of the molecule is CCCOCCC(=O)Nc1cccc(C(C)NC)c1. The molecular formula is C15H24N2O2. The molecule has 1 unspecified atom stereocenters. The van der Waals surface area contributed by atoms with E-state index in [9.17, 15) is 4.79 Å². The van der Waals surface area contributed by atoms with Crippen LogP contribution in [-0.2, 0) is 9.53 Å². The molecule has 1 atom stereocenters. The first-order valence-electron chi connectivity index (χ1n) is 6.82. The number of anilines is 1. The molecule has 106 valence electrons. The highest BCUT2D eigenvalue weighted by atomic mass is 16.5. The van der Waals surface area contributed by atoms with Crippen LogP contribution < -0.4 is 10.6 Å². The Morgan fingerprint density at radius 3 is 2.84 bits per heavy atom. The summed E-state index contributed by atoms with van der Waals surface area (Å²) in [4.78, 5) is 11.7. The molecule has 0 spiro atoms. The summed E-state index contributed by atoms with van der Waals surface area (Å²) in [5.74, 6) is -0.00892. The molecule has 0 saturated heterocycles. The van der Waals surface area contributed by atoms with E-state index in [1.807, 2.05) is 31.3 Å². The first-order valence-corrected chi connectivity index (χ1v) is 6.82. The molecule has 4 nitrogen and oxygen atoms in total. The van der Waals surface area contributed by atoms with E-state index in [1.54, 1.807) is 0 Å². The maximum Gasteiger partial charge on any atom is 0.226 e. The van der Waals surface area contributed by atoms with Crippen LogP contribution in [0.4, 0.5) is 5.69 Å². The predicted octanol–water partition coefficient (Wildman–Crippen LogP) is 2.72. The van der Waals surface area contributed by atoms with Gasteiger partial charge < -0.3 is 15.4 Å². The summed E-state index contributed by atoms with van der Waals surface area (Å²) in [5, 5.41) is 6.07. The van der Waals surface area contributed by atoms with E-state index in [0.717, 1.165) is 17.7 Å². The van der Waals surface area contributed by atoms with Crippen molar-refractivity contribution in [2.75, 3.05) is 25.6 Å². The number of hydrogen-bond acceptors (Lipinski definition) is 3. The highest BCUT2D eigenvalue weighted by Crippen LogP contribution is 2.17. The number of hydrogen-bond donors (Lipinski definition) is 2. The molecule has 0 aliphatic heterocycles. The molecule has 0 heterocycles. The predicted molar refractivity (Wildman–Crippen MR) is 78.3 cm³/mol. The summed E-state index contributed by atoms with van der Waals surface area (Å²) in [6.45, 7) is 5.32. The van der Waals surface area contributed by atoms with Gasteiger partial charge in [0.1, 0.15) is 0 Å². The fourth-order valence-electron chi connectivity index (χ4n) is 1.69. The second-order valence-corrected chi connectivity index (χ2v) is 4.55. The van der Waals surface area contributed by atoms with Crippen molar-refractivity contribution in [1.29, 1.82) is 0 Å². The summed E-state index contributed by atoms with van der Waals surface area (Å²) in [7, 11) is 1.92. The molecule has 4 heteroatoms. The van der Waals surface area contributed by atoms with Gasteiger partial charge in [-0.05, 0) is 38.1 Å². The molecule has 1 rings (SSSR count). The zero-order valence-corrected chi connectivity index (χ0v) is 12.0. The average molecular weight is 264 g/mol. The Balaban J connectivity index is 2.45. The summed E-state index contributed by atoms with van der Waals surface area (Å²) in [5.41, 5.74) is 1.99. The maximum atomic E-state index is 11.7. The Hall–Kier alpha value is -1.39. The minimum Gasteiger partial charge on any atom is -0.381 e. The Bertz CT molecular complexity index is 393. The van der Waals surface area contributed by atoms with Gasteiger partial charge in [-0.3, -0.25) is 4.79 Å². The van der Waals surface area contributed by atoms with Gasteiger partial charge in [-0.1, -0.05) is 19.1 Å². The van der Waals surface area contributed by atoms with Crippen molar-refractivity contribution < 1.29 is 9.53 Å². The van der Waals surface area contributed by atoms with Gasteiger partial charge in [0.2, 0.25) is 5.91 Å². The Labute approximate surface area is 115 Å². The first-order chi connectivity index (χ1) is 9.17. The van der Waals surface area contributed by atoms with Gasteiger partial charge in [0, 0.05) is 18.3 Å². The second-order valence-electron chi connectivity index (χ2n) is 4.55. The summed E-state index contributed by atoms with van der Waals surface area (Å²) in [6.07, 6.45) is 1.37. The third-order valence-corrected chi connectivity index (χ3v) is 2.93. The third kappa shape index (κ3) is 5.85. The van der Waals surface area contributed by atoms with Crippen LogP contribution in [-0.4, -0.2) is 26.2 Å². The van der Waals surface area contributed by atoms with Gasteiger partial charge >= 0.3 is 0 Å². The van der Waals surface area contributed by atoms with Gasteiger partial charge in [0.05, 0.1) is 13.0 Å². The molecule has 0 radical (unpaired) electrons. The van der Waals surface area contributed by atoms with Gasteiger partial charge in [0.25, 0.3) is 0 Å². The van der Waals surface area contributed by atoms with E-state index in [4.69, 9.17) is 4.74 Å². The van der Waals surface area contributed by atoms with Crippen LogP contribution >= 0.6 is 0 Å². The number of nitrogens with one attached hydrogen (secondary N) is 2. The average Bonchev–Trinajstić information content (AvgIpc) is 2.43. The smallest absolute Gasteiger partial charge is 0.226 e. The van der Waals surface area contributed by atoms with Crippen molar-refractivity contribution in [2.45, 2.75) is 32.7 Å². The first kappa shape index (κ1) is 15.7. The number of carbonyl (C=O) groups is 1. The van der Waals surface area contributed by atoms with E-state index < -0.39 is 0 Å². The third-order valence-electron chi connectivity index (χ3n) is 2.93. The Morgan fingerprint density at radius 1 is 1.37 bits per heavy atom. The lowest BCUT2D eigenvalue weighted by Gasteiger charge is -2.12. The molecule has 0 bridgehead atoms. The topological polar surface area (TPSA) is 50.4 Å². The highest BCUT2D eigenvalue weighted by molar-refractivity contribution is 5.90. The van der Waals surface area contributed by atoms with Gasteiger partial charge in [-0.15, -0.1) is 0 Å². The molecule has 1 aromatic carbocycles. The Kier molecular flexibility index (Phi) is 7.15. The Morgan fingerprint density at radius 2 is 2.16 bits per heavy atom. The molecule has 2 N–H and O–H groups in total. The monoisotopic (exact) mass is 264 g/mol. The van der Waals surface area contributed by atoms with Crippen LogP contribution in [0.2, 0.25) is 0 Å². The second kappa shape index (κ2) is 8.67. The van der Waals surface area contributed by atoms with E-state index in [-0.39, 0.29) is 11.9 Å². The van der Waals surface area contributed by atoms with Crippen LogP contribution in [0.5, 0.6) is 0 Å². The summed E-state index contributed by atoms with van der Waals surface area (Å²) < 4.78 is 5.30. The van der Waals surface area contributed by atoms with E-state index in [1.165, 1.54) is 0 Å². The molecule has 19 heavy (non-hydrogen) atoms. The van der Waals surface area contributed by atoms with Crippen LogP contribution in [0.3, 0.4) is 0 Å². The number of rotatable bonds is 8. The fourth-order valence-corrected chi connectivity index (χ4v) is 1.69. The minimum atomic E-state index is -0.00892. The van der Waals surface area contributed by atoms with Crippen molar-refractivity contribution in [3.05, 3.63) is 29.8 Å². The zero-order valence-electron chi connectivity index (χ0n) is 12.0. The lowest BCUT2D eigenvalue weighted by molar-refractivity contribution is -0.117. The van der Waals surface area contributed by atoms with Gasteiger partial charge in [-0.2, -0.15) is 0 Å². The molecule has 1 amide bonds. The van der Waals surface area contributed by atoms with Crippen LogP contribution in [0.1, 0.15) is 38.3 Å². The molecule has 1 aromatic rings. The maximum absolute atomic E-state index is 11.7. The quantitative estimate of drug-likeness (QED) is 0.710. The van der Waals surface area contributed by atoms with E-state index >= 15 is 0 Å². The lowest BCUT2D eigenvalue weighted by Crippen LogP contribution is -2.16. The standard InChI is InChI=1S/C15H24N2O2/c1-4-9-19-10-8-15(18)17-14-7-5-6-13(11-14)12(2)16-3/h5-7,11-12,16H,4,8-10H2,1-3H3,(H,17,18). The van der Waals surface area contributed by atoms with Crippen molar-refractivity contribution >= 4 is 11.6 Å². The largest absolute Gasteiger partial charge is 0.381 e. The highest BCUT2D eigenvalue weighted by Gasteiger charge is 2.05. The van der Waals surface area contributed by atoms with Crippen molar-refractivity contribution in [2.24, 2.45) is 0 Å². The van der Waals surface area contributed by atoms with Crippen LogP contribution in [0.25, 0.3) is 0 Å². The van der Waals surface area contributed by atoms with Crippen molar-refractivity contribution in [1.82, 2.24) is 5.32 Å². The molecular weight excluding hydrogens is 240 g/mol. The molecule has 0 saturated carbocycles. The molecule has 0 aliphatic rings. The number of amides is 1. The number of carbonyl (C=O) groups excluding carboxylic acids is 1. The van der Waals surface area contributed by atoms with Crippen molar-refractivity contribution in [3.63, 3.8) is 0 Å². The fraction of sp³-hybridized carbons (Fsp3) is 0.533. The lowest BCUT2D eigenvalue weighted by atomic mass is 10.1. The van der Waals surface area contributed by atoms with Crippen LogP contribution in [0, 0.1) is 0 Å². The van der Waals surface area contributed by atoms with Crippen LogP contribution in [0.15, 0.2) is 24.3 Å².